The van der Waals surface area contributed by atoms with E-state index in [4.69, 9.17) is 11.6 Å². The van der Waals surface area contributed by atoms with Crippen molar-refractivity contribution < 1.29 is 0 Å². The van der Waals surface area contributed by atoms with Crippen LogP contribution in [0.5, 0.6) is 0 Å². The van der Waals surface area contributed by atoms with Gasteiger partial charge in [0.1, 0.15) is 5.17 Å². The van der Waals surface area contributed by atoms with E-state index in [1.165, 1.54) is 10.9 Å². The SMILES string of the molecule is ClC1=NCCc2c1[nH]c1ccccc21. The van der Waals surface area contributed by atoms with Crippen LogP contribution >= 0.6 is 11.6 Å². The molecule has 2 heterocycles. The Balaban J connectivity index is 2.40. The molecular formula is C11H9ClN2. The van der Waals surface area contributed by atoms with Crippen molar-refractivity contribution in [3.63, 3.8) is 0 Å². The lowest BCUT2D eigenvalue weighted by Crippen LogP contribution is -2.06. The second kappa shape index (κ2) is 2.85. The molecule has 3 rings (SSSR count). The van der Waals surface area contributed by atoms with Crippen LogP contribution in [0.2, 0.25) is 0 Å². The molecule has 1 aliphatic rings. The summed E-state index contributed by atoms with van der Waals surface area (Å²) in [6, 6.07) is 8.27. The molecule has 0 saturated heterocycles. The Morgan fingerprint density at radius 3 is 3.07 bits per heavy atom. The third-order valence-corrected chi connectivity index (χ3v) is 2.94. The standard InChI is InChI=1S/C11H9ClN2/c12-11-10-8(5-6-13-11)7-3-1-2-4-9(7)14-10/h1-4,14H,5-6H2. The Kier molecular flexibility index (Phi) is 1.64. The van der Waals surface area contributed by atoms with Gasteiger partial charge in [0.05, 0.1) is 5.69 Å². The molecule has 0 atom stereocenters. The van der Waals surface area contributed by atoms with Gasteiger partial charge in [-0.2, -0.15) is 0 Å². The predicted molar refractivity (Wildman–Crippen MR) is 59.3 cm³/mol. The summed E-state index contributed by atoms with van der Waals surface area (Å²) in [4.78, 5) is 7.52. The van der Waals surface area contributed by atoms with Gasteiger partial charge in [-0.05, 0) is 18.1 Å². The average Bonchev–Trinajstić information content (AvgIpc) is 2.59. The van der Waals surface area contributed by atoms with E-state index in [0.717, 1.165) is 24.2 Å². The normalized spacial score (nSPS) is 15.4. The summed E-state index contributed by atoms with van der Waals surface area (Å²) in [6.45, 7) is 0.799. The lowest BCUT2D eigenvalue weighted by Gasteiger charge is -2.07. The monoisotopic (exact) mass is 204 g/mol. The summed E-state index contributed by atoms with van der Waals surface area (Å²) >= 11 is 6.04. The predicted octanol–water partition coefficient (Wildman–Crippen LogP) is 2.71. The number of aliphatic imine (C=N–C) groups is 1. The van der Waals surface area contributed by atoms with Crippen molar-refractivity contribution >= 4 is 27.7 Å². The second-order valence-electron chi connectivity index (χ2n) is 3.45. The van der Waals surface area contributed by atoms with E-state index in [9.17, 15) is 0 Å². The maximum Gasteiger partial charge on any atom is 0.147 e. The van der Waals surface area contributed by atoms with E-state index < -0.39 is 0 Å². The third-order valence-electron chi connectivity index (χ3n) is 2.63. The molecule has 1 aliphatic heterocycles. The molecule has 0 amide bonds. The van der Waals surface area contributed by atoms with Crippen molar-refractivity contribution in [3.05, 3.63) is 35.5 Å². The fraction of sp³-hybridized carbons (Fsp3) is 0.182. The Hall–Kier alpha value is -1.28. The van der Waals surface area contributed by atoms with Crippen LogP contribution in [0.4, 0.5) is 0 Å². The summed E-state index contributed by atoms with van der Waals surface area (Å²) in [5, 5.41) is 1.89. The number of fused-ring (bicyclic) bond motifs is 3. The van der Waals surface area contributed by atoms with Crippen molar-refractivity contribution in [2.75, 3.05) is 6.54 Å². The lowest BCUT2D eigenvalue weighted by molar-refractivity contribution is 0.954. The van der Waals surface area contributed by atoms with Crippen molar-refractivity contribution in [3.8, 4) is 0 Å². The van der Waals surface area contributed by atoms with E-state index in [1.807, 2.05) is 6.07 Å². The van der Waals surface area contributed by atoms with Crippen LogP contribution in [0.25, 0.3) is 10.9 Å². The first-order valence-electron chi connectivity index (χ1n) is 4.66. The summed E-state index contributed by atoms with van der Waals surface area (Å²) < 4.78 is 0. The van der Waals surface area contributed by atoms with Crippen LogP contribution in [0.1, 0.15) is 11.3 Å². The number of H-pyrrole nitrogens is 1. The van der Waals surface area contributed by atoms with Gasteiger partial charge in [-0.15, -0.1) is 0 Å². The smallest absolute Gasteiger partial charge is 0.147 e. The molecule has 1 aromatic carbocycles. The molecular weight excluding hydrogens is 196 g/mol. The highest BCUT2D eigenvalue weighted by atomic mass is 35.5. The Labute approximate surface area is 86.6 Å². The highest BCUT2D eigenvalue weighted by molar-refractivity contribution is 6.69. The number of hydrogen-bond acceptors (Lipinski definition) is 1. The highest BCUT2D eigenvalue weighted by Gasteiger charge is 2.17. The molecule has 0 aliphatic carbocycles. The van der Waals surface area contributed by atoms with Crippen LogP contribution in [0.15, 0.2) is 29.3 Å². The van der Waals surface area contributed by atoms with Crippen LogP contribution < -0.4 is 0 Å². The van der Waals surface area contributed by atoms with E-state index in [1.54, 1.807) is 0 Å². The first-order chi connectivity index (χ1) is 6.86. The number of nitrogens with one attached hydrogen (secondary N) is 1. The summed E-state index contributed by atoms with van der Waals surface area (Å²) in [5.41, 5.74) is 3.45. The van der Waals surface area contributed by atoms with Crippen LogP contribution in [-0.2, 0) is 6.42 Å². The lowest BCUT2D eigenvalue weighted by atomic mass is 10.1. The molecule has 0 radical (unpaired) electrons. The van der Waals surface area contributed by atoms with E-state index in [2.05, 4.69) is 28.2 Å². The van der Waals surface area contributed by atoms with Gasteiger partial charge in [0, 0.05) is 17.4 Å². The molecule has 1 aromatic heterocycles. The van der Waals surface area contributed by atoms with Gasteiger partial charge < -0.3 is 4.98 Å². The van der Waals surface area contributed by atoms with Gasteiger partial charge in [0.25, 0.3) is 0 Å². The van der Waals surface area contributed by atoms with E-state index >= 15 is 0 Å². The first kappa shape index (κ1) is 8.06. The molecule has 70 valence electrons. The number of para-hydroxylation sites is 1. The van der Waals surface area contributed by atoms with Gasteiger partial charge >= 0.3 is 0 Å². The van der Waals surface area contributed by atoms with Crippen LogP contribution in [0, 0.1) is 0 Å². The fourth-order valence-electron chi connectivity index (χ4n) is 1.98. The zero-order valence-corrected chi connectivity index (χ0v) is 8.30. The van der Waals surface area contributed by atoms with Crippen molar-refractivity contribution in [2.45, 2.75) is 6.42 Å². The van der Waals surface area contributed by atoms with E-state index in [-0.39, 0.29) is 0 Å². The molecule has 3 heteroatoms. The molecule has 0 unspecified atom stereocenters. The van der Waals surface area contributed by atoms with Gasteiger partial charge in [-0.25, -0.2) is 0 Å². The average molecular weight is 205 g/mol. The van der Waals surface area contributed by atoms with Crippen molar-refractivity contribution in [2.24, 2.45) is 4.99 Å². The Morgan fingerprint density at radius 1 is 1.29 bits per heavy atom. The third kappa shape index (κ3) is 1.01. The number of nitrogens with zero attached hydrogens (tertiary/aromatic N) is 1. The first-order valence-corrected chi connectivity index (χ1v) is 5.04. The number of halogens is 1. The second-order valence-corrected chi connectivity index (χ2v) is 3.80. The number of benzene rings is 1. The summed E-state index contributed by atoms with van der Waals surface area (Å²) in [5.74, 6) is 0. The molecule has 0 bridgehead atoms. The molecule has 1 N–H and O–H groups in total. The Bertz CT molecular complexity index is 525. The number of aromatic nitrogens is 1. The van der Waals surface area contributed by atoms with Gasteiger partial charge in [0.15, 0.2) is 0 Å². The maximum atomic E-state index is 6.04. The summed E-state index contributed by atoms with van der Waals surface area (Å²) in [7, 11) is 0. The van der Waals surface area contributed by atoms with Gasteiger partial charge in [-0.3, -0.25) is 4.99 Å². The minimum Gasteiger partial charge on any atom is -0.352 e. The number of rotatable bonds is 0. The molecule has 0 spiro atoms. The van der Waals surface area contributed by atoms with E-state index in [0.29, 0.717) is 5.17 Å². The zero-order chi connectivity index (χ0) is 9.54. The van der Waals surface area contributed by atoms with Crippen molar-refractivity contribution in [1.82, 2.24) is 4.98 Å². The van der Waals surface area contributed by atoms with Gasteiger partial charge in [-0.1, -0.05) is 29.8 Å². The quantitative estimate of drug-likeness (QED) is 0.684. The zero-order valence-electron chi connectivity index (χ0n) is 7.55. The molecule has 0 fully saturated rings. The largest absolute Gasteiger partial charge is 0.352 e. The number of hydrogen-bond donors (Lipinski definition) is 1. The maximum absolute atomic E-state index is 6.04. The molecule has 2 aromatic rings. The Morgan fingerprint density at radius 2 is 2.14 bits per heavy atom. The topological polar surface area (TPSA) is 28.1 Å². The molecule has 0 saturated carbocycles. The van der Waals surface area contributed by atoms with Gasteiger partial charge in [0.2, 0.25) is 0 Å². The van der Waals surface area contributed by atoms with Crippen LogP contribution in [-0.4, -0.2) is 16.7 Å². The molecule has 14 heavy (non-hydrogen) atoms. The fourth-order valence-corrected chi connectivity index (χ4v) is 2.23. The number of aromatic amines is 1. The highest BCUT2D eigenvalue weighted by Crippen LogP contribution is 2.26. The summed E-state index contributed by atoms with van der Waals surface area (Å²) in [6.07, 6.45) is 0.982. The minimum absolute atomic E-state index is 0.613. The molecule has 2 nitrogen and oxygen atoms in total. The minimum atomic E-state index is 0.613. The van der Waals surface area contributed by atoms with Crippen LogP contribution in [0.3, 0.4) is 0 Å². The van der Waals surface area contributed by atoms with Crippen molar-refractivity contribution in [1.29, 1.82) is 0 Å².